The third-order valence-electron chi connectivity index (χ3n) is 1.06. The van der Waals surface area contributed by atoms with Crippen LogP contribution in [0.2, 0.25) is 0 Å². The van der Waals surface area contributed by atoms with Gasteiger partial charge in [-0.25, -0.2) is 25.3 Å². The molecular weight excluding hydrogens is 415 g/mol. The van der Waals surface area contributed by atoms with Crippen molar-refractivity contribution < 1.29 is 58.4 Å². The molecule has 0 saturated heterocycles. The topological polar surface area (TPSA) is 172 Å². The van der Waals surface area contributed by atoms with Crippen molar-refractivity contribution >= 4 is 30.4 Å². The Morgan fingerprint density at radius 1 is 0.579 bits per heavy atom. The second kappa shape index (κ2) is 12.1. The molecule has 0 aromatic heterocycles. The Morgan fingerprint density at radius 3 is 0.632 bits per heavy atom. The van der Waals surface area contributed by atoms with Crippen LogP contribution in [-0.4, -0.2) is 56.2 Å². The molecule has 0 aliphatic heterocycles. The minimum Gasteiger partial charge on any atom is -0.748 e. The Kier molecular flexibility index (Phi) is 17.6. The summed E-state index contributed by atoms with van der Waals surface area (Å²) < 4.78 is 85.0. The van der Waals surface area contributed by atoms with Crippen LogP contribution in [0.25, 0.3) is 0 Å². The molecule has 0 aliphatic carbocycles. The van der Waals surface area contributed by atoms with Crippen LogP contribution in [0.1, 0.15) is 20.8 Å². The molecule has 0 radical (unpaired) electrons. The summed E-state index contributed by atoms with van der Waals surface area (Å²) in [5.74, 6) is -0.938. The van der Waals surface area contributed by atoms with E-state index in [2.05, 4.69) is 0 Å². The van der Waals surface area contributed by atoms with Crippen molar-refractivity contribution in [3.8, 4) is 0 Å². The predicted octanol–water partition coefficient (Wildman–Crippen LogP) is -1.35. The summed E-state index contributed by atoms with van der Waals surface area (Å²) in [6.45, 7) is 3.92. The van der Waals surface area contributed by atoms with Gasteiger partial charge in [0.05, 0.1) is 30.4 Å². The Labute approximate surface area is 126 Å². The van der Waals surface area contributed by atoms with Crippen LogP contribution in [0.3, 0.4) is 0 Å². The Hall–Kier alpha value is 0.353. The van der Waals surface area contributed by atoms with Crippen molar-refractivity contribution in [2.45, 2.75) is 20.8 Å². The third-order valence-corrected chi connectivity index (χ3v) is 3.18. The molecule has 0 aromatic carbocycles. The molecule has 0 heterocycles. The van der Waals surface area contributed by atoms with E-state index in [1.807, 2.05) is 0 Å². The standard InChI is InChI=1S/3C2H6O3S.Rh/c3*1-2-6(3,4)5;/h3*2H2,1H3,(H,3,4,5);/q;;;+3/p-3. The van der Waals surface area contributed by atoms with Crippen LogP contribution in [0.5, 0.6) is 0 Å². The predicted molar refractivity (Wildman–Crippen MR) is 60.7 cm³/mol. The number of rotatable bonds is 3. The van der Waals surface area contributed by atoms with Crippen LogP contribution in [0.4, 0.5) is 0 Å². The molecule has 0 N–H and O–H groups in total. The maximum absolute atomic E-state index is 9.44. The Balaban J connectivity index is -0.0000000865. The Bertz CT molecular complexity index is 414. The summed E-state index contributed by atoms with van der Waals surface area (Å²) >= 11 is 0. The van der Waals surface area contributed by atoms with Crippen molar-refractivity contribution in [3.63, 3.8) is 0 Å². The average molecular weight is 430 g/mol. The van der Waals surface area contributed by atoms with Gasteiger partial charge < -0.3 is 13.7 Å². The number of hydrogen-bond acceptors (Lipinski definition) is 9. The van der Waals surface area contributed by atoms with Gasteiger partial charge in [0.25, 0.3) is 0 Å². The van der Waals surface area contributed by atoms with Gasteiger partial charge in [-0.15, -0.1) is 0 Å². The molecule has 9 nitrogen and oxygen atoms in total. The zero-order valence-electron chi connectivity index (χ0n) is 10.4. The molecular formula is C6H15O9RhS3. The molecule has 0 aromatic rings. The van der Waals surface area contributed by atoms with Gasteiger partial charge in [-0.3, -0.25) is 0 Å². The molecule has 19 heavy (non-hydrogen) atoms. The summed E-state index contributed by atoms with van der Waals surface area (Å²) in [7, 11) is -11.7. The van der Waals surface area contributed by atoms with Crippen LogP contribution in [-0.2, 0) is 49.8 Å². The van der Waals surface area contributed by atoms with Crippen LogP contribution in [0, 0.1) is 0 Å². The van der Waals surface area contributed by atoms with E-state index in [0.717, 1.165) is 0 Å². The van der Waals surface area contributed by atoms with Gasteiger partial charge in [0, 0.05) is 17.3 Å². The maximum Gasteiger partial charge on any atom is 3.00 e. The first-order valence-electron chi connectivity index (χ1n) is 4.49. The van der Waals surface area contributed by atoms with Crippen LogP contribution >= 0.6 is 0 Å². The third kappa shape index (κ3) is 56.1. The van der Waals surface area contributed by atoms with E-state index in [4.69, 9.17) is 0 Å². The van der Waals surface area contributed by atoms with E-state index in [1.165, 1.54) is 20.8 Å². The molecule has 120 valence electrons. The smallest absolute Gasteiger partial charge is 0.748 e. The largest absolute Gasteiger partial charge is 3.00 e. The van der Waals surface area contributed by atoms with Gasteiger partial charge in [0.15, 0.2) is 0 Å². The van der Waals surface area contributed by atoms with E-state index >= 15 is 0 Å². The number of hydrogen-bond donors (Lipinski definition) is 0. The summed E-state index contributed by atoms with van der Waals surface area (Å²) in [4.78, 5) is 0. The van der Waals surface area contributed by atoms with Gasteiger partial charge in [-0.05, 0) is 0 Å². The van der Waals surface area contributed by atoms with Crippen molar-refractivity contribution in [2.75, 3.05) is 17.3 Å². The molecule has 0 rings (SSSR count). The molecule has 0 bridgehead atoms. The first-order valence-corrected chi connectivity index (χ1v) is 9.22. The monoisotopic (exact) mass is 430 g/mol. The zero-order valence-corrected chi connectivity index (χ0v) is 14.4. The SMILES string of the molecule is CCS(=O)(=O)[O-].CCS(=O)(=O)[O-].CCS(=O)(=O)[O-].[Rh+3]. The first-order chi connectivity index (χ1) is 7.68. The van der Waals surface area contributed by atoms with Gasteiger partial charge in [-0.2, -0.15) is 0 Å². The second-order valence-corrected chi connectivity index (χ2v) is 7.62. The van der Waals surface area contributed by atoms with E-state index in [0.29, 0.717) is 0 Å². The normalized spacial score (nSPS) is 11.1. The van der Waals surface area contributed by atoms with Crippen molar-refractivity contribution in [3.05, 3.63) is 0 Å². The minimum absolute atomic E-state index is 0. The van der Waals surface area contributed by atoms with Gasteiger partial charge in [-0.1, -0.05) is 20.8 Å². The molecule has 0 fully saturated rings. The summed E-state index contributed by atoms with van der Waals surface area (Å²) in [6.07, 6.45) is 0. The van der Waals surface area contributed by atoms with Crippen LogP contribution in [0.15, 0.2) is 0 Å². The first kappa shape index (κ1) is 27.7. The molecule has 0 aliphatic rings. The summed E-state index contributed by atoms with van der Waals surface area (Å²) in [6, 6.07) is 0. The molecule has 0 saturated carbocycles. The van der Waals surface area contributed by atoms with Crippen molar-refractivity contribution in [1.82, 2.24) is 0 Å². The van der Waals surface area contributed by atoms with E-state index in [-0.39, 0.29) is 36.7 Å². The minimum atomic E-state index is -3.91. The van der Waals surface area contributed by atoms with Crippen LogP contribution < -0.4 is 0 Å². The second-order valence-electron chi connectivity index (χ2n) is 2.54. The summed E-state index contributed by atoms with van der Waals surface area (Å²) in [5, 5.41) is 0. The molecule has 0 unspecified atom stereocenters. The van der Waals surface area contributed by atoms with Gasteiger partial charge in [0.2, 0.25) is 0 Å². The Morgan fingerprint density at radius 2 is 0.632 bits per heavy atom. The maximum atomic E-state index is 9.44. The fourth-order valence-corrected chi connectivity index (χ4v) is 0. The molecule has 13 heteroatoms. The van der Waals surface area contributed by atoms with E-state index in [9.17, 15) is 38.9 Å². The molecule has 0 atom stereocenters. The van der Waals surface area contributed by atoms with Gasteiger partial charge in [0.1, 0.15) is 0 Å². The van der Waals surface area contributed by atoms with Crippen molar-refractivity contribution in [2.24, 2.45) is 0 Å². The van der Waals surface area contributed by atoms with E-state index < -0.39 is 30.4 Å². The summed E-state index contributed by atoms with van der Waals surface area (Å²) in [5.41, 5.74) is 0. The fourth-order valence-electron chi connectivity index (χ4n) is 0. The van der Waals surface area contributed by atoms with Gasteiger partial charge >= 0.3 is 19.5 Å². The quantitative estimate of drug-likeness (QED) is 0.388. The average Bonchev–Trinajstić information content (AvgIpc) is 2.16. The van der Waals surface area contributed by atoms with E-state index in [1.54, 1.807) is 0 Å². The fraction of sp³-hybridized carbons (Fsp3) is 1.00. The molecule has 0 spiro atoms. The van der Waals surface area contributed by atoms with Crippen molar-refractivity contribution in [1.29, 1.82) is 0 Å². The molecule has 0 amide bonds. The zero-order chi connectivity index (χ0) is 15.6.